The van der Waals surface area contributed by atoms with Crippen molar-refractivity contribution < 1.29 is 9.13 Å². The van der Waals surface area contributed by atoms with Crippen LogP contribution in [0.3, 0.4) is 0 Å². The van der Waals surface area contributed by atoms with Gasteiger partial charge in [-0.3, -0.25) is 4.99 Å². The molecule has 1 aromatic carbocycles. The number of hydrogen-bond donors (Lipinski definition) is 1. The maximum absolute atomic E-state index is 13.2. The minimum Gasteiger partial charge on any atom is -0.380 e. The Bertz CT molecular complexity index is 506. The molecule has 124 valence electrons. The highest BCUT2D eigenvalue weighted by molar-refractivity contribution is 14.0. The lowest BCUT2D eigenvalue weighted by molar-refractivity contribution is -0.0946. The van der Waals surface area contributed by atoms with E-state index in [-0.39, 0.29) is 35.2 Å². The lowest BCUT2D eigenvalue weighted by Crippen LogP contribution is -2.44. The molecule has 0 aromatic heterocycles. The smallest absolute Gasteiger partial charge is 0.193 e. The molecule has 0 saturated carbocycles. The predicted molar refractivity (Wildman–Crippen MR) is 98.2 cm³/mol. The van der Waals surface area contributed by atoms with Crippen LogP contribution < -0.4 is 5.32 Å². The number of benzene rings is 1. The van der Waals surface area contributed by atoms with Gasteiger partial charge in [-0.05, 0) is 24.6 Å². The molecule has 1 aromatic rings. The van der Waals surface area contributed by atoms with Crippen molar-refractivity contribution in [3.05, 3.63) is 35.6 Å². The molecule has 1 saturated heterocycles. The monoisotopic (exact) mass is 421 g/mol. The average molecular weight is 421 g/mol. The van der Waals surface area contributed by atoms with Crippen LogP contribution in [-0.4, -0.2) is 44.2 Å². The first kappa shape index (κ1) is 19.2. The summed E-state index contributed by atoms with van der Waals surface area (Å²) in [6, 6.07) is 6.67. The number of ether oxygens (including phenoxy) is 1. The van der Waals surface area contributed by atoms with E-state index in [2.05, 4.69) is 17.2 Å². The molecule has 1 aliphatic rings. The molecule has 0 amide bonds. The Labute approximate surface area is 149 Å². The topological polar surface area (TPSA) is 36.9 Å². The molecule has 0 unspecified atom stereocenters. The van der Waals surface area contributed by atoms with Crippen molar-refractivity contribution in [1.82, 2.24) is 10.2 Å². The minimum absolute atomic E-state index is 0. The van der Waals surface area contributed by atoms with E-state index in [0.717, 1.165) is 37.8 Å². The fourth-order valence-electron chi connectivity index (χ4n) is 2.26. The lowest BCUT2D eigenvalue weighted by atomic mass is 9.89. The maximum Gasteiger partial charge on any atom is 0.193 e. The van der Waals surface area contributed by atoms with Crippen molar-refractivity contribution in [2.45, 2.75) is 20.4 Å². The Morgan fingerprint density at radius 1 is 1.45 bits per heavy atom. The second-order valence-corrected chi connectivity index (χ2v) is 5.96. The largest absolute Gasteiger partial charge is 0.380 e. The van der Waals surface area contributed by atoms with Crippen molar-refractivity contribution in [3.8, 4) is 0 Å². The molecule has 4 nitrogen and oxygen atoms in total. The molecule has 6 heteroatoms. The Balaban J connectivity index is 0.00000242. The van der Waals surface area contributed by atoms with Gasteiger partial charge in [0.05, 0.1) is 19.8 Å². The molecule has 0 spiro atoms. The van der Waals surface area contributed by atoms with Gasteiger partial charge in [0.2, 0.25) is 0 Å². The van der Waals surface area contributed by atoms with Gasteiger partial charge in [-0.1, -0.05) is 19.1 Å². The summed E-state index contributed by atoms with van der Waals surface area (Å²) in [5.41, 5.74) is 1.08. The summed E-state index contributed by atoms with van der Waals surface area (Å²) in [7, 11) is 1.96. The van der Waals surface area contributed by atoms with Crippen LogP contribution >= 0.6 is 24.0 Å². The summed E-state index contributed by atoms with van der Waals surface area (Å²) in [6.45, 7) is 7.92. The van der Waals surface area contributed by atoms with Crippen molar-refractivity contribution in [1.29, 1.82) is 0 Å². The number of guanidine groups is 1. The number of nitrogens with one attached hydrogen (secondary N) is 1. The van der Waals surface area contributed by atoms with Crippen molar-refractivity contribution in [3.63, 3.8) is 0 Å². The normalized spacial score (nSPS) is 16.5. The lowest BCUT2D eigenvalue weighted by Gasteiger charge is -2.37. The van der Waals surface area contributed by atoms with E-state index in [1.54, 1.807) is 12.1 Å². The van der Waals surface area contributed by atoms with Crippen LogP contribution in [0.5, 0.6) is 0 Å². The number of halogens is 2. The second-order valence-electron chi connectivity index (χ2n) is 5.96. The van der Waals surface area contributed by atoms with Gasteiger partial charge >= 0.3 is 0 Å². The molecular weight excluding hydrogens is 396 g/mol. The first-order chi connectivity index (χ1) is 10.0. The van der Waals surface area contributed by atoms with Gasteiger partial charge < -0.3 is 15.0 Å². The first-order valence-corrected chi connectivity index (χ1v) is 7.34. The third kappa shape index (κ3) is 5.39. The highest BCUT2D eigenvalue weighted by atomic mass is 127. The summed E-state index contributed by atoms with van der Waals surface area (Å²) in [4.78, 5) is 6.70. The van der Waals surface area contributed by atoms with Gasteiger partial charge in [0, 0.05) is 25.6 Å². The molecule has 1 fully saturated rings. The Morgan fingerprint density at radius 3 is 2.73 bits per heavy atom. The molecule has 2 rings (SSSR count). The molecule has 0 aliphatic carbocycles. The van der Waals surface area contributed by atoms with E-state index < -0.39 is 0 Å². The summed E-state index contributed by atoms with van der Waals surface area (Å²) in [6.07, 6.45) is 0. The zero-order valence-electron chi connectivity index (χ0n) is 13.4. The van der Waals surface area contributed by atoms with Crippen molar-refractivity contribution >= 4 is 29.9 Å². The van der Waals surface area contributed by atoms with Gasteiger partial charge in [-0.2, -0.15) is 0 Å². The van der Waals surface area contributed by atoms with Gasteiger partial charge in [-0.15, -0.1) is 24.0 Å². The van der Waals surface area contributed by atoms with Crippen LogP contribution in [0, 0.1) is 11.2 Å². The number of rotatable bonds is 5. The summed E-state index contributed by atoms with van der Waals surface area (Å²) >= 11 is 0. The van der Waals surface area contributed by atoms with Crippen molar-refractivity contribution in [2.24, 2.45) is 10.4 Å². The van der Waals surface area contributed by atoms with E-state index in [1.807, 2.05) is 24.9 Å². The van der Waals surface area contributed by atoms with E-state index >= 15 is 0 Å². The molecule has 22 heavy (non-hydrogen) atoms. The van der Waals surface area contributed by atoms with Gasteiger partial charge in [0.25, 0.3) is 0 Å². The van der Waals surface area contributed by atoms with Crippen molar-refractivity contribution in [2.75, 3.05) is 33.4 Å². The fourth-order valence-corrected chi connectivity index (χ4v) is 2.26. The van der Waals surface area contributed by atoms with Crippen LogP contribution in [0.15, 0.2) is 29.3 Å². The Kier molecular flexibility index (Phi) is 7.55. The average Bonchev–Trinajstić information content (AvgIpc) is 2.41. The SMILES string of the molecule is CCNC(=NCC1(C)COC1)N(C)Cc1cccc(F)c1.I. The quantitative estimate of drug-likeness (QED) is 0.452. The number of aliphatic imine (C=N–C) groups is 1. The fraction of sp³-hybridized carbons (Fsp3) is 0.562. The minimum atomic E-state index is -0.207. The third-order valence-electron chi connectivity index (χ3n) is 3.52. The molecule has 0 atom stereocenters. The molecule has 0 bridgehead atoms. The summed E-state index contributed by atoms with van der Waals surface area (Å²) in [5, 5.41) is 3.28. The number of nitrogens with zero attached hydrogens (tertiary/aromatic N) is 2. The van der Waals surface area contributed by atoms with E-state index in [1.165, 1.54) is 6.07 Å². The molecular formula is C16H25FIN3O. The third-order valence-corrected chi connectivity index (χ3v) is 3.52. The highest BCUT2D eigenvalue weighted by Gasteiger charge is 2.33. The van der Waals surface area contributed by atoms with Crippen LogP contribution in [-0.2, 0) is 11.3 Å². The maximum atomic E-state index is 13.2. The zero-order valence-corrected chi connectivity index (χ0v) is 15.8. The van der Waals surface area contributed by atoms with Gasteiger partial charge in [-0.25, -0.2) is 4.39 Å². The van der Waals surface area contributed by atoms with Crippen LogP contribution in [0.1, 0.15) is 19.4 Å². The Hall–Kier alpha value is -0.890. The highest BCUT2D eigenvalue weighted by Crippen LogP contribution is 2.26. The predicted octanol–water partition coefficient (Wildman–Crippen LogP) is 2.88. The van der Waals surface area contributed by atoms with E-state index in [4.69, 9.17) is 4.74 Å². The summed E-state index contributed by atoms with van der Waals surface area (Å²) < 4.78 is 18.5. The standard InChI is InChI=1S/C16H24FN3O.HI/c1-4-18-15(19-10-16(2)11-21-12-16)20(3)9-13-6-5-7-14(17)8-13;/h5-8H,4,9-12H2,1-3H3,(H,18,19);1H. The first-order valence-electron chi connectivity index (χ1n) is 7.34. The van der Waals surface area contributed by atoms with E-state index in [9.17, 15) is 4.39 Å². The molecule has 1 heterocycles. The van der Waals surface area contributed by atoms with E-state index in [0.29, 0.717) is 6.54 Å². The van der Waals surface area contributed by atoms with Crippen LogP contribution in [0.2, 0.25) is 0 Å². The number of hydrogen-bond acceptors (Lipinski definition) is 2. The van der Waals surface area contributed by atoms with Crippen LogP contribution in [0.4, 0.5) is 4.39 Å². The molecule has 0 radical (unpaired) electrons. The molecule has 1 N–H and O–H groups in total. The van der Waals surface area contributed by atoms with Gasteiger partial charge in [0.1, 0.15) is 5.82 Å². The second kappa shape index (κ2) is 8.67. The summed E-state index contributed by atoms with van der Waals surface area (Å²) in [5.74, 6) is 0.636. The Morgan fingerprint density at radius 2 is 2.18 bits per heavy atom. The van der Waals surface area contributed by atoms with Crippen LogP contribution in [0.25, 0.3) is 0 Å². The molecule has 1 aliphatic heterocycles. The zero-order chi connectivity index (χ0) is 15.3. The van der Waals surface area contributed by atoms with Gasteiger partial charge in [0.15, 0.2) is 5.96 Å².